The van der Waals surface area contributed by atoms with Crippen LogP contribution in [0.15, 0.2) is 28.8 Å². The molecule has 1 aromatic carbocycles. The van der Waals surface area contributed by atoms with E-state index in [9.17, 15) is 9.18 Å². The van der Waals surface area contributed by atoms with E-state index in [0.717, 1.165) is 38.1 Å². The highest BCUT2D eigenvalue weighted by atomic mass is 19.1. The lowest BCUT2D eigenvalue weighted by Crippen LogP contribution is -2.42. The topological polar surface area (TPSA) is 68.5 Å². The number of likely N-dealkylation sites (tertiary alicyclic amines) is 1. The molecule has 4 rings (SSSR count). The first kappa shape index (κ1) is 17.0. The van der Waals surface area contributed by atoms with Crippen molar-refractivity contribution >= 4 is 5.91 Å². The minimum atomic E-state index is -0.326. The highest BCUT2D eigenvalue weighted by Gasteiger charge is 2.30. The van der Waals surface area contributed by atoms with Gasteiger partial charge in [-0.15, -0.1) is 0 Å². The number of hydrogen-bond donors (Lipinski definition) is 0. The van der Waals surface area contributed by atoms with E-state index in [0.29, 0.717) is 36.4 Å². The second-order valence-electron chi connectivity index (χ2n) is 7.12. The summed E-state index contributed by atoms with van der Waals surface area (Å²) in [5.74, 6) is 2.43. The Balaban J connectivity index is 1.27. The summed E-state index contributed by atoms with van der Waals surface area (Å²) in [7, 11) is 0. The Hall–Kier alpha value is -2.44. The molecule has 1 aliphatic heterocycles. The first-order chi connectivity index (χ1) is 12.7. The molecule has 0 radical (unpaired) electrons. The fourth-order valence-electron chi connectivity index (χ4n) is 3.33. The number of hydrogen-bond acceptors (Lipinski definition) is 5. The van der Waals surface area contributed by atoms with Crippen LogP contribution in [0, 0.1) is 11.7 Å². The van der Waals surface area contributed by atoms with Crippen LogP contribution in [0.25, 0.3) is 0 Å². The predicted octanol–water partition coefficient (Wildman–Crippen LogP) is 2.95. The third-order valence-electron chi connectivity index (χ3n) is 4.94. The Morgan fingerprint density at radius 3 is 2.85 bits per heavy atom. The summed E-state index contributed by atoms with van der Waals surface area (Å²) in [5.41, 5.74) is 0. The lowest BCUT2D eigenvalue weighted by atomic mass is 9.95. The van der Waals surface area contributed by atoms with Gasteiger partial charge in [0.15, 0.2) is 12.4 Å². The van der Waals surface area contributed by atoms with E-state index in [4.69, 9.17) is 9.26 Å². The van der Waals surface area contributed by atoms with Crippen LogP contribution in [-0.4, -0.2) is 40.6 Å². The van der Waals surface area contributed by atoms with Gasteiger partial charge in [0.2, 0.25) is 5.89 Å². The highest BCUT2D eigenvalue weighted by molar-refractivity contribution is 5.77. The Morgan fingerprint density at radius 2 is 2.08 bits per heavy atom. The number of halogens is 1. The van der Waals surface area contributed by atoms with Gasteiger partial charge in [-0.25, -0.2) is 4.39 Å². The first-order valence-electron chi connectivity index (χ1n) is 9.16. The standard InChI is InChI=1S/C19H22FN3O3/c20-15-5-7-16(8-6-15)25-12-18(24)23-9-1-2-13(11-23)10-17-21-19(22-26-17)14-3-4-14/h5-8,13-14H,1-4,9-12H2. The van der Waals surface area contributed by atoms with Crippen LogP contribution in [0.1, 0.15) is 43.3 Å². The number of aromatic nitrogens is 2. The van der Waals surface area contributed by atoms with Crippen molar-refractivity contribution in [2.45, 2.75) is 38.0 Å². The van der Waals surface area contributed by atoms with Gasteiger partial charge in [-0.2, -0.15) is 4.98 Å². The van der Waals surface area contributed by atoms with E-state index in [1.807, 2.05) is 4.90 Å². The zero-order chi connectivity index (χ0) is 17.9. The van der Waals surface area contributed by atoms with Crippen LogP contribution in [0.5, 0.6) is 5.75 Å². The molecule has 2 aromatic rings. The van der Waals surface area contributed by atoms with Crippen LogP contribution < -0.4 is 4.74 Å². The SMILES string of the molecule is O=C(COc1ccc(F)cc1)N1CCCC(Cc2nc(C3CC3)no2)C1. The second kappa shape index (κ2) is 7.43. The molecule has 1 atom stereocenters. The summed E-state index contributed by atoms with van der Waals surface area (Å²) < 4.78 is 23.7. The van der Waals surface area contributed by atoms with E-state index in [1.165, 1.54) is 24.3 Å². The maximum Gasteiger partial charge on any atom is 0.260 e. The maximum absolute atomic E-state index is 12.9. The van der Waals surface area contributed by atoms with E-state index < -0.39 is 0 Å². The van der Waals surface area contributed by atoms with Gasteiger partial charge in [-0.05, 0) is 55.9 Å². The molecule has 2 heterocycles. The van der Waals surface area contributed by atoms with Gasteiger partial charge in [0.25, 0.3) is 5.91 Å². The molecular formula is C19H22FN3O3. The van der Waals surface area contributed by atoms with Crippen molar-refractivity contribution in [3.05, 3.63) is 41.8 Å². The molecule has 1 saturated carbocycles. The van der Waals surface area contributed by atoms with Crippen molar-refractivity contribution in [1.82, 2.24) is 15.0 Å². The molecule has 1 unspecified atom stereocenters. The summed E-state index contributed by atoms with van der Waals surface area (Å²) in [6.45, 7) is 1.37. The van der Waals surface area contributed by atoms with E-state index in [2.05, 4.69) is 10.1 Å². The Morgan fingerprint density at radius 1 is 1.27 bits per heavy atom. The molecule has 0 bridgehead atoms. The van der Waals surface area contributed by atoms with Gasteiger partial charge in [0.05, 0.1) is 0 Å². The van der Waals surface area contributed by atoms with Crippen LogP contribution >= 0.6 is 0 Å². The number of carbonyl (C=O) groups is 1. The van der Waals surface area contributed by atoms with Crippen molar-refractivity contribution in [1.29, 1.82) is 0 Å². The molecule has 0 N–H and O–H groups in total. The quantitative estimate of drug-likeness (QED) is 0.793. The molecule has 2 aliphatic rings. The van der Waals surface area contributed by atoms with Crippen molar-refractivity contribution in [3.8, 4) is 5.75 Å². The van der Waals surface area contributed by atoms with Crippen LogP contribution in [0.3, 0.4) is 0 Å². The zero-order valence-corrected chi connectivity index (χ0v) is 14.6. The smallest absolute Gasteiger partial charge is 0.260 e. The molecule has 0 spiro atoms. The molecule has 1 amide bonds. The third kappa shape index (κ3) is 4.20. The maximum atomic E-state index is 12.9. The average molecular weight is 359 g/mol. The zero-order valence-electron chi connectivity index (χ0n) is 14.6. The summed E-state index contributed by atoms with van der Waals surface area (Å²) in [5, 5.41) is 4.05. The molecule has 1 saturated heterocycles. The van der Waals surface area contributed by atoms with Crippen LogP contribution in [-0.2, 0) is 11.2 Å². The second-order valence-corrected chi connectivity index (χ2v) is 7.12. The number of ether oxygens (including phenoxy) is 1. The summed E-state index contributed by atoms with van der Waals surface area (Å²) in [6.07, 6.45) is 5.01. The first-order valence-corrected chi connectivity index (χ1v) is 9.16. The molecule has 26 heavy (non-hydrogen) atoms. The summed E-state index contributed by atoms with van der Waals surface area (Å²) >= 11 is 0. The van der Waals surface area contributed by atoms with Crippen LogP contribution in [0.4, 0.5) is 4.39 Å². The number of carbonyl (C=O) groups excluding carboxylic acids is 1. The van der Waals surface area contributed by atoms with Gasteiger partial charge in [0, 0.05) is 25.4 Å². The minimum absolute atomic E-state index is 0.0370. The van der Waals surface area contributed by atoms with Crippen molar-refractivity contribution in [2.75, 3.05) is 19.7 Å². The number of benzene rings is 1. The van der Waals surface area contributed by atoms with Gasteiger partial charge in [-0.3, -0.25) is 4.79 Å². The predicted molar refractivity (Wildman–Crippen MR) is 91.2 cm³/mol. The van der Waals surface area contributed by atoms with Gasteiger partial charge < -0.3 is 14.2 Å². The largest absolute Gasteiger partial charge is 0.484 e. The minimum Gasteiger partial charge on any atom is -0.484 e. The van der Waals surface area contributed by atoms with Gasteiger partial charge >= 0.3 is 0 Å². The lowest BCUT2D eigenvalue weighted by Gasteiger charge is -2.32. The highest BCUT2D eigenvalue weighted by Crippen LogP contribution is 2.38. The lowest BCUT2D eigenvalue weighted by molar-refractivity contribution is -0.135. The molecule has 1 aliphatic carbocycles. The number of piperidine rings is 1. The fourth-order valence-corrected chi connectivity index (χ4v) is 3.33. The molecule has 6 nitrogen and oxygen atoms in total. The Bertz CT molecular complexity index is 758. The molecule has 7 heteroatoms. The number of nitrogens with zero attached hydrogens (tertiary/aromatic N) is 3. The normalized spacial score (nSPS) is 20.2. The number of rotatable bonds is 6. The summed E-state index contributed by atoms with van der Waals surface area (Å²) in [4.78, 5) is 18.7. The van der Waals surface area contributed by atoms with Crippen LogP contribution in [0.2, 0.25) is 0 Å². The van der Waals surface area contributed by atoms with Gasteiger partial charge in [-0.1, -0.05) is 5.16 Å². The average Bonchev–Trinajstić information content (AvgIpc) is 3.41. The molecule has 1 aromatic heterocycles. The monoisotopic (exact) mass is 359 g/mol. The Labute approximate surface area is 151 Å². The van der Waals surface area contributed by atoms with E-state index >= 15 is 0 Å². The number of amides is 1. The third-order valence-corrected chi connectivity index (χ3v) is 4.94. The molecular weight excluding hydrogens is 337 g/mol. The van der Waals surface area contributed by atoms with E-state index in [1.54, 1.807) is 0 Å². The van der Waals surface area contributed by atoms with E-state index in [-0.39, 0.29) is 18.3 Å². The van der Waals surface area contributed by atoms with Crippen molar-refractivity contribution in [3.63, 3.8) is 0 Å². The van der Waals surface area contributed by atoms with Gasteiger partial charge in [0.1, 0.15) is 11.6 Å². The Kier molecular flexibility index (Phi) is 4.86. The molecule has 2 fully saturated rings. The summed E-state index contributed by atoms with van der Waals surface area (Å²) in [6, 6.07) is 5.68. The fraction of sp³-hybridized carbons (Fsp3) is 0.526. The molecule has 138 valence electrons. The van der Waals surface area contributed by atoms with Crippen molar-refractivity contribution < 1.29 is 18.4 Å². The van der Waals surface area contributed by atoms with Crippen molar-refractivity contribution in [2.24, 2.45) is 5.92 Å².